The number of rotatable bonds is 5. The minimum atomic E-state index is -1.74. The SMILES string of the molecule is C=C1CC[C@]2(C(=O)O)CC[C@]3(C)C(=CC[C@@H]4[C@@]5(C)C[C@H](O)[C@H](O[C@@H]6OC[C@@H](O)[C@H](O)[C@H]6O)[C@@](C)(C(=O)O)[C@@H]5CC[C@]43C(=O)O)[C@@H]2[C@@H]1C. The highest BCUT2D eigenvalue weighted by molar-refractivity contribution is 5.81. The zero-order valence-corrected chi connectivity index (χ0v) is 27.6. The molecule has 5 fully saturated rings. The maximum Gasteiger partial charge on any atom is 0.312 e. The molecule has 0 radical (unpaired) electrons. The van der Waals surface area contributed by atoms with Gasteiger partial charge in [-0.1, -0.05) is 44.6 Å². The summed E-state index contributed by atoms with van der Waals surface area (Å²) in [6, 6.07) is 0. The van der Waals surface area contributed by atoms with Gasteiger partial charge in [0.2, 0.25) is 0 Å². The van der Waals surface area contributed by atoms with Crippen LogP contribution in [0, 0.1) is 50.7 Å². The molecule has 47 heavy (non-hydrogen) atoms. The Labute approximate surface area is 274 Å². The van der Waals surface area contributed by atoms with Crippen molar-refractivity contribution in [1.29, 1.82) is 0 Å². The van der Waals surface area contributed by atoms with Crippen LogP contribution in [0.4, 0.5) is 0 Å². The van der Waals surface area contributed by atoms with Crippen molar-refractivity contribution in [1.82, 2.24) is 0 Å². The minimum absolute atomic E-state index is 0.0217. The van der Waals surface area contributed by atoms with Crippen molar-refractivity contribution in [2.75, 3.05) is 6.61 Å². The molecule has 12 nitrogen and oxygen atoms in total. The highest BCUT2D eigenvalue weighted by atomic mass is 16.7. The summed E-state index contributed by atoms with van der Waals surface area (Å²) in [7, 11) is 0. The molecule has 0 bridgehead atoms. The number of carboxylic acid groups (broad SMARTS) is 3. The zero-order chi connectivity index (χ0) is 34.6. The third-order valence-electron chi connectivity index (χ3n) is 14.6. The van der Waals surface area contributed by atoms with Crippen LogP contribution in [0.25, 0.3) is 0 Å². The van der Waals surface area contributed by atoms with E-state index in [2.05, 4.69) is 6.58 Å². The van der Waals surface area contributed by atoms with Crippen molar-refractivity contribution in [2.45, 2.75) is 116 Å². The standard InChI is InChI=1S/C35H50O12/c1-16-8-10-34(29(42)43)13-12-32(4)18(23(34)17(16)2)6-7-22-31(3)14-19(36)26(47-27-25(39)24(38)20(37)15-46-27)33(5,28(40)41)21(31)9-11-35(22,32)30(44)45/h6,17,19-27,36-39H,1,7-15H2,2-5H3,(H,40,41)(H,42,43)(H,44,45)/t17-,19+,20-,21-,22-,23+,24+,25-,26+,27+,31+,32-,33+,34+,35-/m1/s1. The maximum absolute atomic E-state index is 13.9. The molecule has 15 atom stereocenters. The highest BCUT2D eigenvalue weighted by Gasteiger charge is 2.75. The summed E-state index contributed by atoms with van der Waals surface area (Å²) >= 11 is 0. The number of fused-ring (bicyclic) bond motifs is 7. The summed E-state index contributed by atoms with van der Waals surface area (Å²) in [5.41, 5.74) is -4.18. The van der Waals surface area contributed by atoms with E-state index in [4.69, 9.17) is 9.47 Å². The van der Waals surface area contributed by atoms with Crippen LogP contribution in [0.5, 0.6) is 0 Å². The van der Waals surface area contributed by atoms with Crippen LogP contribution in [0.3, 0.4) is 0 Å². The fourth-order valence-corrected chi connectivity index (χ4v) is 12.0. The number of hydrogen-bond donors (Lipinski definition) is 7. The molecule has 0 aromatic rings. The second kappa shape index (κ2) is 11.1. The number of aliphatic hydroxyl groups excluding tert-OH is 4. The van der Waals surface area contributed by atoms with Crippen LogP contribution in [-0.2, 0) is 23.9 Å². The first-order valence-electron chi connectivity index (χ1n) is 16.9. The lowest BCUT2D eigenvalue weighted by atomic mass is 9.32. The van der Waals surface area contributed by atoms with E-state index in [0.717, 1.165) is 11.1 Å². The van der Waals surface area contributed by atoms with E-state index in [1.807, 2.05) is 26.8 Å². The molecule has 0 unspecified atom stereocenters. The van der Waals surface area contributed by atoms with Gasteiger partial charge in [0.25, 0.3) is 0 Å². The predicted octanol–water partition coefficient (Wildman–Crippen LogP) is 2.57. The zero-order valence-electron chi connectivity index (χ0n) is 27.6. The van der Waals surface area contributed by atoms with Crippen molar-refractivity contribution in [3.05, 3.63) is 23.8 Å². The molecule has 262 valence electrons. The predicted molar refractivity (Wildman–Crippen MR) is 165 cm³/mol. The van der Waals surface area contributed by atoms with E-state index in [1.54, 1.807) is 0 Å². The number of ether oxygens (including phenoxy) is 2. The normalized spacial score (nSPS) is 52.6. The van der Waals surface area contributed by atoms with Gasteiger partial charge in [0.05, 0.1) is 29.0 Å². The molecule has 0 aromatic heterocycles. The van der Waals surface area contributed by atoms with Crippen LogP contribution >= 0.6 is 0 Å². The molecule has 12 heteroatoms. The summed E-state index contributed by atoms with van der Waals surface area (Å²) in [6.07, 6.45) is -4.45. The molecule has 1 saturated heterocycles. The Bertz CT molecular complexity index is 1390. The Morgan fingerprint density at radius 3 is 2.19 bits per heavy atom. The van der Waals surface area contributed by atoms with Gasteiger partial charge in [0.15, 0.2) is 6.29 Å². The van der Waals surface area contributed by atoms with Crippen molar-refractivity contribution in [3.8, 4) is 0 Å². The molecule has 6 aliphatic rings. The van der Waals surface area contributed by atoms with Crippen LogP contribution in [0.1, 0.15) is 79.1 Å². The van der Waals surface area contributed by atoms with Crippen LogP contribution in [0.15, 0.2) is 23.8 Å². The van der Waals surface area contributed by atoms with Crippen LogP contribution in [-0.4, -0.2) is 97.1 Å². The van der Waals surface area contributed by atoms with Gasteiger partial charge >= 0.3 is 17.9 Å². The average Bonchev–Trinajstić information content (AvgIpc) is 3.00. The summed E-state index contributed by atoms with van der Waals surface area (Å²) in [5.74, 6) is -4.89. The molecule has 6 rings (SSSR count). The third kappa shape index (κ3) is 4.30. The average molecular weight is 663 g/mol. The van der Waals surface area contributed by atoms with E-state index >= 15 is 0 Å². The molecule has 1 heterocycles. The second-order valence-electron chi connectivity index (χ2n) is 16.2. The summed E-state index contributed by atoms with van der Waals surface area (Å²) in [5, 5.41) is 75.2. The molecule has 5 aliphatic carbocycles. The summed E-state index contributed by atoms with van der Waals surface area (Å²) in [4.78, 5) is 40.1. The Morgan fingerprint density at radius 2 is 1.57 bits per heavy atom. The first-order chi connectivity index (χ1) is 21.8. The third-order valence-corrected chi connectivity index (χ3v) is 14.6. The van der Waals surface area contributed by atoms with Gasteiger partial charge in [-0.25, -0.2) is 0 Å². The van der Waals surface area contributed by atoms with Crippen molar-refractivity contribution in [2.24, 2.45) is 50.7 Å². The van der Waals surface area contributed by atoms with E-state index in [-0.39, 0.29) is 38.2 Å². The van der Waals surface area contributed by atoms with Gasteiger partial charge in [-0.2, -0.15) is 0 Å². The van der Waals surface area contributed by atoms with Crippen molar-refractivity contribution < 1.29 is 59.6 Å². The molecule has 0 aromatic carbocycles. The Kier molecular flexibility index (Phi) is 8.14. The minimum Gasteiger partial charge on any atom is -0.481 e. The fourth-order valence-electron chi connectivity index (χ4n) is 12.0. The topological polar surface area (TPSA) is 211 Å². The van der Waals surface area contributed by atoms with Gasteiger partial charge in [-0.15, -0.1) is 0 Å². The molecule has 0 spiro atoms. The first kappa shape index (κ1) is 34.5. The second-order valence-corrected chi connectivity index (χ2v) is 16.2. The number of aliphatic carboxylic acids is 3. The van der Waals surface area contributed by atoms with Crippen LogP contribution in [0.2, 0.25) is 0 Å². The fraction of sp³-hybridized carbons (Fsp3) is 0.800. The van der Waals surface area contributed by atoms with Gasteiger partial charge in [0, 0.05) is 11.3 Å². The molecule has 7 N–H and O–H groups in total. The van der Waals surface area contributed by atoms with E-state index in [0.29, 0.717) is 25.7 Å². The Balaban J connectivity index is 1.43. The van der Waals surface area contributed by atoms with Gasteiger partial charge in [-0.3, -0.25) is 14.4 Å². The first-order valence-corrected chi connectivity index (χ1v) is 16.9. The number of allylic oxidation sites excluding steroid dienone is 3. The summed E-state index contributed by atoms with van der Waals surface area (Å²) < 4.78 is 11.4. The smallest absolute Gasteiger partial charge is 0.312 e. The van der Waals surface area contributed by atoms with Gasteiger partial charge in [0.1, 0.15) is 24.4 Å². The van der Waals surface area contributed by atoms with E-state index in [9.17, 15) is 50.1 Å². The molecule has 1 aliphatic heterocycles. The molecule has 4 saturated carbocycles. The van der Waals surface area contributed by atoms with Crippen LogP contribution < -0.4 is 0 Å². The van der Waals surface area contributed by atoms with Crippen molar-refractivity contribution in [3.63, 3.8) is 0 Å². The lowest BCUT2D eigenvalue weighted by Gasteiger charge is -2.70. The lowest BCUT2D eigenvalue weighted by Crippen LogP contribution is -2.71. The van der Waals surface area contributed by atoms with Gasteiger partial charge < -0.3 is 45.2 Å². The Hall–Kier alpha value is -2.35. The number of hydrogen-bond acceptors (Lipinski definition) is 9. The molecular weight excluding hydrogens is 612 g/mol. The quantitative estimate of drug-likeness (QED) is 0.167. The number of aliphatic hydroxyl groups is 4. The van der Waals surface area contributed by atoms with E-state index in [1.165, 1.54) is 6.92 Å². The largest absolute Gasteiger partial charge is 0.481 e. The monoisotopic (exact) mass is 662 g/mol. The lowest BCUT2D eigenvalue weighted by molar-refractivity contribution is -0.322. The number of carboxylic acids is 3. The maximum atomic E-state index is 13.9. The molecule has 0 amide bonds. The highest BCUT2D eigenvalue weighted by Crippen LogP contribution is 2.76. The van der Waals surface area contributed by atoms with Crippen molar-refractivity contribution >= 4 is 17.9 Å². The van der Waals surface area contributed by atoms with Gasteiger partial charge in [-0.05, 0) is 81.5 Å². The number of carbonyl (C=O) groups is 3. The van der Waals surface area contributed by atoms with E-state index < -0.39 is 99.5 Å². The summed E-state index contributed by atoms with van der Waals surface area (Å²) in [6.45, 7) is 11.2. The Morgan fingerprint density at radius 1 is 0.894 bits per heavy atom. The molecular formula is C35H50O12.